The fraction of sp³-hybridized carbons (Fsp3) is 0.133. The first-order valence-corrected chi connectivity index (χ1v) is 7.01. The highest BCUT2D eigenvalue weighted by Crippen LogP contribution is 2.30. The summed E-state index contributed by atoms with van der Waals surface area (Å²) in [6.07, 6.45) is 0.956. The van der Waals surface area contributed by atoms with Crippen LogP contribution in [0.5, 0.6) is 0 Å². The second-order valence-corrected chi connectivity index (χ2v) is 4.92. The minimum absolute atomic E-state index is 0.849. The lowest BCUT2D eigenvalue weighted by Crippen LogP contribution is -1.87. The summed E-state index contributed by atoms with van der Waals surface area (Å²) >= 11 is 3.47. The number of aromatic nitrogens is 1. The number of aryl methyl sites for hydroxylation is 1. The van der Waals surface area contributed by atoms with Crippen molar-refractivity contribution in [3.8, 4) is 11.3 Å². The number of hydrogen-bond acceptors (Lipinski definition) is 2. The number of alkyl halides is 1. The molecule has 3 aromatic rings. The Balaban J connectivity index is 2.18. The highest BCUT2D eigenvalue weighted by molar-refractivity contribution is 9.09. The first kappa shape index (κ1) is 11.5. The summed E-state index contributed by atoms with van der Waals surface area (Å²) in [5.41, 5.74) is 3.25. The Kier molecular flexibility index (Phi) is 3.15. The molecule has 0 saturated carbocycles. The monoisotopic (exact) mass is 301 g/mol. The average Bonchev–Trinajstić information content (AvgIpc) is 2.85. The van der Waals surface area contributed by atoms with E-state index in [1.807, 2.05) is 30.3 Å². The number of rotatable bonds is 3. The molecule has 3 heteroatoms. The van der Waals surface area contributed by atoms with Crippen LogP contribution in [0.2, 0.25) is 0 Å². The van der Waals surface area contributed by atoms with Crippen molar-refractivity contribution in [3.63, 3.8) is 0 Å². The third kappa shape index (κ3) is 1.95. The van der Waals surface area contributed by atoms with Crippen LogP contribution in [0.25, 0.3) is 22.2 Å². The molecule has 0 spiro atoms. The van der Waals surface area contributed by atoms with Crippen LogP contribution in [-0.4, -0.2) is 10.5 Å². The summed E-state index contributed by atoms with van der Waals surface area (Å²) in [7, 11) is 0. The van der Waals surface area contributed by atoms with Gasteiger partial charge in [0.1, 0.15) is 5.52 Å². The predicted molar refractivity (Wildman–Crippen MR) is 76.9 cm³/mol. The lowest BCUT2D eigenvalue weighted by molar-refractivity contribution is 0.440. The molecular formula is C15H12BrNO. The van der Waals surface area contributed by atoms with Crippen molar-refractivity contribution in [2.24, 2.45) is 0 Å². The molecule has 0 N–H and O–H groups in total. The Morgan fingerprint density at radius 3 is 2.61 bits per heavy atom. The molecule has 1 aromatic heterocycles. The first-order chi connectivity index (χ1) is 8.90. The summed E-state index contributed by atoms with van der Waals surface area (Å²) in [5.74, 6) is 0.849. The van der Waals surface area contributed by atoms with Crippen LogP contribution in [0.1, 0.15) is 5.56 Å². The molecule has 0 aliphatic carbocycles. The average molecular weight is 302 g/mol. The minimum Gasteiger partial charge on any atom is -0.355 e. The van der Waals surface area contributed by atoms with Gasteiger partial charge in [-0.3, -0.25) is 0 Å². The molecule has 0 radical (unpaired) electrons. The Labute approximate surface area is 114 Å². The summed E-state index contributed by atoms with van der Waals surface area (Å²) in [5, 5.41) is 6.23. The number of benzene rings is 2. The molecule has 0 atom stereocenters. The second-order valence-electron chi connectivity index (χ2n) is 4.13. The molecule has 18 heavy (non-hydrogen) atoms. The van der Waals surface area contributed by atoms with Gasteiger partial charge in [0.2, 0.25) is 0 Å². The quantitative estimate of drug-likeness (QED) is 0.669. The van der Waals surface area contributed by atoms with E-state index in [-0.39, 0.29) is 0 Å². The van der Waals surface area contributed by atoms with Crippen LogP contribution < -0.4 is 0 Å². The van der Waals surface area contributed by atoms with Gasteiger partial charge in [-0.25, -0.2) is 0 Å². The van der Waals surface area contributed by atoms with Gasteiger partial charge in [0, 0.05) is 16.3 Å². The van der Waals surface area contributed by atoms with Crippen LogP contribution in [0.15, 0.2) is 53.1 Å². The van der Waals surface area contributed by atoms with Crippen LogP contribution in [0.3, 0.4) is 0 Å². The summed E-state index contributed by atoms with van der Waals surface area (Å²) < 4.78 is 5.52. The topological polar surface area (TPSA) is 26.0 Å². The van der Waals surface area contributed by atoms with E-state index in [0.29, 0.717) is 0 Å². The van der Waals surface area contributed by atoms with Gasteiger partial charge in [-0.1, -0.05) is 63.6 Å². The molecule has 0 saturated heterocycles. The van der Waals surface area contributed by atoms with Gasteiger partial charge >= 0.3 is 0 Å². The summed E-state index contributed by atoms with van der Waals surface area (Å²) in [6.45, 7) is 0. The number of hydrogen-bond donors (Lipinski definition) is 0. The lowest BCUT2D eigenvalue weighted by Gasteiger charge is -1.99. The second kappa shape index (κ2) is 4.94. The van der Waals surface area contributed by atoms with Crippen molar-refractivity contribution in [2.45, 2.75) is 6.42 Å². The molecule has 0 unspecified atom stereocenters. The smallest absolute Gasteiger partial charge is 0.174 e. The van der Waals surface area contributed by atoms with Gasteiger partial charge < -0.3 is 4.52 Å². The molecule has 0 amide bonds. The van der Waals surface area contributed by atoms with Crippen molar-refractivity contribution in [1.29, 1.82) is 0 Å². The maximum Gasteiger partial charge on any atom is 0.174 e. The molecule has 0 aliphatic rings. The number of nitrogens with zero attached hydrogens (tertiary/aromatic N) is 1. The minimum atomic E-state index is 0.849. The Morgan fingerprint density at radius 2 is 1.83 bits per heavy atom. The molecule has 3 rings (SSSR count). The van der Waals surface area contributed by atoms with Crippen molar-refractivity contribution in [2.75, 3.05) is 5.33 Å². The number of fused-ring (bicyclic) bond motifs is 1. The maximum absolute atomic E-state index is 5.52. The Bertz CT molecular complexity index is 661. The normalized spacial score (nSPS) is 10.9. The van der Waals surface area contributed by atoms with Crippen LogP contribution >= 0.6 is 15.9 Å². The van der Waals surface area contributed by atoms with Gasteiger partial charge in [-0.05, 0) is 18.1 Å². The van der Waals surface area contributed by atoms with Crippen molar-refractivity contribution in [1.82, 2.24) is 5.16 Å². The van der Waals surface area contributed by atoms with E-state index in [0.717, 1.165) is 34.0 Å². The predicted octanol–water partition coefficient (Wildman–Crippen LogP) is 4.43. The lowest BCUT2D eigenvalue weighted by atomic mass is 10.0. The van der Waals surface area contributed by atoms with Gasteiger partial charge in [0.25, 0.3) is 0 Å². The standard InChI is InChI=1S/C15H12BrNO/c16-10-9-11-7-4-8-13-14(11)17-18-15(13)12-5-2-1-3-6-12/h1-8H,9-10H2. The molecule has 0 fully saturated rings. The highest BCUT2D eigenvalue weighted by atomic mass is 79.9. The Hall–Kier alpha value is -1.61. The van der Waals surface area contributed by atoms with E-state index in [1.165, 1.54) is 5.56 Å². The van der Waals surface area contributed by atoms with Crippen LogP contribution in [0.4, 0.5) is 0 Å². The van der Waals surface area contributed by atoms with E-state index >= 15 is 0 Å². The third-order valence-corrected chi connectivity index (χ3v) is 3.39. The van der Waals surface area contributed by atoms with E-state index in [1.54, 1.807) is 0 Å². The van der Waals surface area contributed by atoms with E-state index in [9.17, 15) is 0 Å². The molecule has 0 bridgehead atoms. The fourth-order valence-electron chi connectivity index (χ4n) is 2.12. The third-order valence-electron chi connectivity index (χ3n) is 2.99. The maximum atomic E-state index is 5.52. The van der Waals surface area contributed by atoms with E-state index in [4.69, 9.17) is 4.52 Å². The molecular weight excluding hydrogens is 290 g/mol. The SMILES string of the molecule is BrCCc1cccc2c(-c3ccccc3)onc12. The zero-order valence-electron chi connectivity index (χ0n) is 9.77. The molecule has 90 valence electrons. The van der Waals surface area contributed by atoms with Gasteiger partial charge in [0.15, 0.2) is 5.76 Å². The Morgan fingerprint density at radius 1 is 1.00 bits per heavy atom. The van der Waals surface area contributed by atoms with Gasteiger partial charge in [-0.2, -0.15) is 0 Å². The molecule has 2 nitrogen and oxygen atoms in total. The van der Waals surface area contributed by atoms with Gasteiger partial charge in [0.05, 0.1) is 0 Å². The van der Waals surface area contributed by atoms with Gasteiger partial charge in [-0.15, -0.1) is 0 Å². The van der Waals surface area contributed by atoms with E-state index in [2.05, 4.69) is 39.3 Å². The molecule has 1 heterocycles. The summed E-state index contributed by atoms with van der Waals surface area (Å²) in [4.78, 5) is 0. The fourth-order valence-corrected chi connectivity index (χ4v) is 2.55. The van der Waals surface area contributed by atoms with Crippen molar-refractivity contribution < 1.29 is 4.52 Å². The van der Waals surface area contributed by atoms with E-state index < -0.39 is 0 Å². The number of halogens is 1. The molecule has 2 aromatic carbocycles. The van der Waals surface area contributed by atoms with Crippen LogP contribution in [-0.2, 0) is 6.42 Å². The van der Waals surface area contributed by atoms with Crippen LogP contribution in [0, 0.1) is 0 Å². The van der Waals surface area contributed by atoms with Crippen molar-refractivity contribution in [3.05, 3.63) is 54.1 Å². The first-order valence-electron chi connectivity index (χ1n) is 5.89. The zero-order chi connectivity index (χ0) is 12.4. The largest absolute Gasteiger partial charge is 0.355 e. The zero-order valence-corrected chi connectivity index (χ0v) is 11.4. The summed E-state index contributed by atoms with van der Waals surface area (Å²) in [6, 6.07) is 16.3. The highest BCUT2D eigenvalue weighted by Gasteiger charge is 2.12. The molecule has 0 aliphatic heterocycles. The van der Waals surface area contributed by atoms with Crippen molar-refractivity contribution >= 4 is 26.8 Å².